The highest BCUT2D eigenvalue weighted by atomic mass is 79.9. The van der Waals surface area contributed by atoms with Gasteiger partial charge in [-0.3, -0.25) is 0 Å². The molecule has 4 heteroatoms. The number of nitrogens with zero attached hydrogens (tertiary/aromatic N) is 2. The summed E-state index contributed by atoms with van der Waals surface area (Å²) in [5, 5.41) is 0. The number of hydrogen-bond acceptors (Lipinski definition) is 3. The molecule has 118 valence electrons. The first kappa shape index (κ1) is 16.8. The van der Waals surface area contributed by atoms with Crippen LogP contribution >= 0.6 is 15.9 Å². The van der Waals surface area contributed by atoms with Crippen LogP contribution in [-0.2, 0) is 6.42 Å². The van der Waals surface area contributed by atoms with Gasteiger partial charge in [0.1, 0.15) is 0 Å². The van der Waals surface area contributed by atoms with Gasteiger partial charge in [0.05, 0.1) is 0 Å². The molecular formula is C17H28BrN3. The number of hydrogen-bond donors (Lipinski definition) is 1. The number of benzene rings is 1. The molecule has 1 aliphatic heterocycles. The van der Waals surface area contributed by atoms with Crippen molar-refractivity contribution in [3.63, 3.8) is 0 Å². The Kier molecular flexibility index (Phi) is 6.52. The zero-order chi connectivity index (χ0) is 15.2. The van der Waals surface area contributed by atoms with Crippen molar-refractivity contribution in [2.24, 2.45) is 5.73 Å². The Balaban J connectivity index is 2.02. The van der Waals surface area contributed by atoms with Crippen LogP contribution in [-0.4, -0.2) is 44.2 Å². The Bertz CT molecular complexity index is 444. The highest BCUT2D eigenvalue weighted by Crippen LogP contribution is 2.26. The third-order valence-corrected chi connectivity index (χ3v) is 4.91. The molecular weight excluding hydrogens is 326 g/mol. The van der Waals surface area contributed by atoms with Crippen molar-refractivity contribution in [3.8, 4) is 0 Å². The quantitative estimate of drug-likeness (QED) is 0.816. The van der Waals surface area contributed by atoms with E-state index < -0.39 is 0 Å². The van der Waals surface area contributed by atoms with E-state index >= 15 is 0 Å². The van der Waals surface area contributed by atoms with Crippen LogP contribution in [0.4, 0.5) is 5.69 Å². The van der Waals surface area contributed by atoms with Gasteiger partial charge in [-0.25, -0.2) is 0 Å². The zero-order valence-corrected chi connectivity index (χ0v) is 14.9. The maximum Gasteiger partial charge on any atom is 0.0408 e. The molecule has 1 aliphatic rings. The number of nitrogens with two attached hydrogens (primary N) is 1. The van der Waals surface area contributed by atoms with Crippen LogP contribution in [0.15, 0.2) is 22.7 Å². The highest BCUT2D eigenvalue weighted by Gasteiger charge is 2.14. The Morgan fingerprint density at radius 2 is 2.05 bits per heavy atom. The van der Waals surface area contributed by atoms with Gasteiger partial charge in [-0.2, -0.15) is 0 Å². The second-order valence-electron chi connectivity index (χ2n) is 6.12. The lowest BCUT2D eigenvalue weighted by atomic mass is 10.0. The summed E-state index contributed by atoms with van der Waals surface area (Å²) in [4.78, 5) is 4.94. The fourth-order valence-corrected chi connectivity index (χ4v) is 3.26. The van der Waals surface area contributed by atoms with Crippen LogP contribution in [0.5, 0.6) is 0 Å². The second kappa shape index (κ2) is 8.16. The van der Waals surface area contributed by atoms with Crippen molar-refractivity contribution in [2.75, 3.05) is 38.1 Å². The van der Waals surface area contributed by atoms with Crippen LogP contribution < -0.4 is 10.6 Å². The molecule has 2 rings (SSSR count). The molecule has 1 unspecified atom stereocenters. The summed E-state index contributed by atoms with van der Waals surface area (Å²) in [6.07, 6.45) is 4.69. The predicted octanol–water partition coefficient (Wildman–Crippen LogP) is 3.26. The smallest absolute Gasteiger partial charge is 0.0408 e. The lowest BCUT2D eigenvalue weighted by Crippen LogP contribution is -2.32. The maximum absolute atomic E-state index is 6.15. The average molecular weight is 354 g/mol. The monoisotopic (exact) mass is 353 g/mol. The average Bonchev–Trinajstić information content (AvgIpc) is 2.99. The first-order valence-corrected chi connectivity index (χ1v) is 8.87. The van der Waals surface area contributed by atoms with Gasteiger partial charge in [0.25, 0.3) is 0 Å². The summed E-state index contributed by atoms with van der Waals surface area (Å²) in [6, 6.07) is 6.80. The van der Waals surface area contributed by atoms with Gasteiger partial charge in [0.15, 0.2) is 0 Å². The normalized spacial score (nSPS) is 17.1. The van der Waals surface area contributed by atoms with Crippen LogP contribution in [0.25, 0.3) is 0 Å². The van der Waals surface area contributed by atoms with E-state index in [-0.39, 0.29) is 6.04 Å². The van der Waals surface area contributed by atoms with E-state index in [1.165, 1.54) is 37.2 Å². The molecule has 0 spiro atoms. The van der Waals surface area contributed by atoms with Crippen molar-refractivity contribution in [1.29, 1.82) is 0 Å². The Morgan fingerprint density at radius 3 is 2.71 bits per heavy atom. The molecule has 1 saturated heterocycles. The minimum atomic E-state index is 0.247. The first-order chi connectivity index (χ1) is 10.1. The second-order valence-corrected chi connectivity index (χ2v) is 7.03. The molecule has 2 N–H and O–H groups in total. The molecule has 0 bridgehead atoms. The fourth-order valence-electron chi connectivity index (χ4n) is 2.91. The van der Waals surface area contributed by atoms with Gasteiger partial charge in [-0.15, -0.1) is 0 Å². The summed E-state index contributed by atoms with van der Waals surface area (Å²) in [5.74, 6) is 0. The predicted molar refractivity (Wildman–Crippen MR) is 95.1 cm³/mol. The molecule has 0 amide bonds. The van der Waals surface area contributed by atoms with E-state index in [2.05, 4.69) is 57.9 Å². The summed E-state index contributed by atoms with van der Waals surface area (Å²) >= 11 is 3.60. The first-order valence-electron chi connectivity index (χ1n) is 8.07. The molecule has 1 aromatic rings. The van der Waals surface area contributed by atoms with E-state index in [0.29, 0.717) is 0 Å². The Morgan fingerprint density at radius 1 is 1.33 bits per heavy atom. The van der Waals surface area contributed by atoms with Crippen molar-refractivity contribution in [3.05, 3.63) is 28.2 Å². The number of likely N-dealkylation sites (N-methyl/N-ethyl adjacent to an activating group) is 1. The van der Waals surface area contributed by atoms with E-state index in [0.717, 1.165) is 30.4 Å². The summed E-state index contributed by atoms with van der Waals surface area (Å²) < 4.78 is 1.14. The van der Waals surface area contributed by atoms with Gasteiger partial charge in [-0.05, 0) is 56.5 Å². The van der Waals surface area contributed by atoms with E-state index in [9.17, 15) is 0 Å². The summed E-state index contributed by atoms with van der Waals surface area (Å²) in [6.45, 7) is 6.91. The van der Waals surface area contributed by atoms with E-state index in [4.69, 9.17) is 5.73 Å². The molecule has 21 heavy (non-hydrogen) atoms. The zero-order valence-electron chi connectivity index (χ0n) is 13.3. The molecule has 1 aromatic carbocycles. The van der Waals surface area contributed by atoms with Gasteiger partial charge < -0.3 is 15.5 Å². The maximum atomic E-state index is 6.15. The van der Waals surface area contributed by atoms with Gasteiger partial charge in [-0.1, -0.05) is 28.9 Å². The van der Waals surface area contributed by atoms with Crippen molar-refractivity contribution < 1.29 is 0 Å². The fraction of sp³-hybridized carbons (Fsp3) is 0.647. The number of anilines is 1. The summed E-state index contributed by atoms with van der Waals surface area (Å²) in [7, 11) is 2.19. The molecule has 1 fully saturated rings. The minimum absolute atomic E-state index is 0.247. The molecule has 1 atom stereocenters. The molecule has 3 nitrogen and oxygen atoms in total. The minimum Gasteiger partial charge on any atom is -0.373 e. The van der Waals surface area contributed by atoms with Gasteiger partial charge >= 0.3 is 0 Å². The van der Waals surface area contributed by atoms with E-state index in [1.807, 2.05) is 0 Å². The Labute approximate surface area is 137 Å². The third kappa shape index (κ3) is 4.97. The van der Waals surface area contributed by atoms with Crippen LogP contribution in [0, 0.1) is 0 Å². The standard InChI is InChI=1S/C17H28BrN3/c1-3-16(19)12-14-6-7-15(18)13-17(14)20(2)10-11-21-8-4-5-9-21/h6-7,13,16H,3-5,8-12,19H2,1-2H3. The van der Waals surface area contributed by atoms with Crippen LogP contribution in [0.1, 0.15) is 31.7 Å². The van der Waals surface area contributed by atoms with E-state index in [1.54, 1.807) is 0 Å². The summed E-state index contributed by atoms with van der Waals surface area (Å²) in [5.41, 5.74) is 8.82. The van der Waals surface area contributed by atoms with Crippen LogP contribution in [0.3, 0.4) is 0 Å². The largest absolute Gasteiger partial charge is 0.373 e. The van der Waals surface area contributed by atoms with Gasteiger partial charge in [0, 0.05) is 36.3 Å². The molecule has 1 heterocycles. The number of rotatable bonds is 7. The molecule has 0 saturated carbocycles. The highest BCUT2D eigenvalue weighted by molar-refractivity contribution is 9.10. The van der Waals surface area contributed by atoms with Crippen molar-refractivity contribution in [1.82, 2.24) is 4.90 Å². The SMILES string of the molecule is CCC(N)Cc1ccc(Br)cc1N(C)CCN1CCCC1. The number of halogens is 1. The van der Waals surface area contributed by atoms with Crippen molar-refractivity contribution >= 4 is 21.6 Å². The third-order valence-electron chi connectivity index (χ3n) is 4.42. The molecule has 0 aliphatic carbocycles. The molecule has 0 radical (unpaired) electrons. The topological polar surface area (TPSA) is 32.5 Å². The lowest BCUT2D eigenvalue weighted by molar-refractivity contribution is 0.346. The van der Waals surface area contributed by atoms with Crippen LogP contribution in [0.2, 0.25) is 0 Å². The van der Waals surface area contributed by atoms with Gasteiger partial charge in [0.2, 0.25) is 0 Å². The molecule has 0 aromatic heterocycles. The van der Waals surface area contributed by atoms with Crippen molar-refractivity contribution in [2.45, 2.75) is 38.6 Å². The number of likely N-dealkylation sites (tertiary alicyclic amines) is 1. The Hall–Kier alpha value is -0.580. The lowest BCUT2D eigenvalue weighted by Gasteiger charge is -2.26.